The number of rotatable bonds is 4. The molecule has 0 N–H and O–H groups in total. The zero-order chi connectivity index (χ0) is 47.0. The lowest BCUT2D eigenvalue weighted by Crippen LogP contribution is -2.12. The minimum atomic E-state index is 0.679. The molecule has 0 unspecified atom stereocenters. The van der Waals surface area contributed by atoms with E-state index in [0.29, 0.717) is 12.3 Å². The van der Waals surface area contributed by atoms with E-state index in [2.05, 4.69) is 217 Å². The number of aromatic nitrogens is 1. The van der Waals surface area contributed by atoms with Gasteiger partial charge in [0, 0.05) is 84.0 Å². The average molecular weight is 954 g/mol. The van der Waals surface area contributed by atoms with Crippen LogP contribution >= 0.6 is 22.7 Å². The fourth-order valence-electron chi connectivity index (χ4n) is 11.8. The van der Waals surface area contributed by atoms with Gasteiger partial charge in [-0.05, 0) is 94.4 Å². The number of fused-ring (bicyclic) bond motifs is 17. The minimum absolute atomic E-state index is 0.679. The first kappa shape index (κ1) is 40.1. The highest BCUT2D eigenvalue weighted by Gasteiger charge is 2.25. The quantitative estimate of drug-likeness (QED) is 0.173. The summed E-state index contributed by atoms with van der Waals surface area (Å²) in [6.45, 7) is 0. The monoisotopic (exact) mass is 953 g/mol. The second-order valence-corrected chi connectivity index (χ2v) is 21.2. The van der Waals surface area contributed by atoms with Crippen LogP contribution in [0.4, 0.5) is 0 Å². The Balaban J connectivity index is 1.02. The molecule has 336 valence electrons. The molecule has 16 rings (SSSR count). The van der Waals surface area contributed by atoms with Crippen molar-refractivity contribution in [3.63, 3.8) is 0 Å². The van der Waals surface area contributed by atoms with Gasteiger partial charge in [0.05, 0.1) is 28.1 Å². The Hall–Kier alpha value is -8.68. The predicted octanol–water partition coefficient (Wildman–Crippen LogP) is 18.9. The molecule has 0 spiro atoms. The van der Waals surface area contributed by atoms with E-state index < -0.39 is 0 Å². The number of aliphatic imine (C=N–C) groups is 2. The van der Waals surface area contributed by atoms with Gasteiger partial charge in [-0.3, -0.25) is 0 Å². The SMILES string of the molecule is C1=C(c2cccc3c2sc2ccccc23)/N=C(c2cccc3c2sc2ccccc23)\N=C(\c2cc3oc4c5ccccc5ccc4c3cc2-n2c3cc4ccccc4cc3c3c4ccccc4ccc32)CC\1. The molecule has 4 nitrogen and oxygen atoms in total. The van der Waals surface area contributed by atoms with Crippen LogP contribution in [0.15, 0.2) is 227 Å². The molecule has 0 saturated carbocycles. The van der Waals surface area contributed by atoms with Crippen LogP contribution in [0.3, 0.4) is 0 Å². The topological polar surface area (TPSA) is 42.8 Å². The molecule has 0 atom stereocenters. The first-order valence-electron chi connectivity index (χ1n) is 24.6. The van der Waals surface area contributed by atoms with Gasteiger partial charge in [0.1, 0.15) is 11.2 Å². The molecule has 0 saturated heterocycles. The third-order valence-corrected chi connectivity index (χ3v) is 17.5. The van der Waals surface area contributed by atoms with Crippen molar-refractivity contribution in [3.05, 3.63) is 229 Å². The van der Waals surface area contributed by atoms with E-state index in [1.165, 1.54) is 72.7 Å². The minimum Gasteiger partial charge on any atom is -0.455 e. The molecule has 5 heterocycles. The molecule has 1 aliphatic heterocycles. The maximum atomic E-state index is 7.06. The second-order valence-electron chi connectivity index (χ2n) is 19.0. The first-order valence-corrected chi connectivity index (χ1v) is 26.2. The number of allylic oxidation sites excluding steroid dienone is 1. The Morgan fingerprint density at radius 3 is 1.79 bits per heavy atom. The highest BCUT2D eigenvalue weighted by molar-refractivity contribution is 7.26. The van der Waals surface area contributed by atoms with Crippen molar-refractivity contribution in [1.82, 2.24) is 4.57 Å². The number of hydrogen-bond acceptors (Lipinski definition) is 5. The molecule has 4 aromatic heterocycles. The highest BCUT2D eigenvalue weighted by Crippen LogP contribution is 2.45. The molecule has 1 aliphatic rings. The van der Waals surface area contributed by atoms with Crippen molar-refractivity contribution in [1.29, 1.82) is 0 Å². The summed E-state index contributed by atoms with van der Waals surface area (Å²) >= 11 is 3.66. The van der Waals surface area contributed by atoms with Crippen molar-refractivity contribution in [2.24, 2.45) is 9.98 Å². The summed E-state index contributed by atoms with van der Waals surface area (Å²) < 4.78 is 14.5. The van der Waals surface area contributed by atoms with Crippen LogP contribution < -0.4 is 0 Å². The van der Waals surface area contributed by atoms with Gasteiger partial charge in [0.2, 0.25) is 0 Å². The number of benzene rings is 11. The van der Waals surface area contributed by atoms with E-state index >= 15 is 0 Å². The van der Waals surface area contributed by atoms with Gasteiger partial charge in [-0.1, -0.05) is 158 Å². The smallest absolute Gasteiger partial charge is 0.161 e. The first-order chi connectivity index (χ1) is 35.7. The van der Waals surface area contributed by atoms with Crippen LogP contribution in [0.1, 0.15) is 29.5 Å². The lowest BCUT2D eigenvalue weighted by Gasteiger charge is -2.18. The van der Waals surface area contributed by atoms with Crippen LogP contribution in [0.25, 0.3) is 128 Å². The van der Waals surface area contributed by atoms with Crippen LogP contribution in [0.5, 0.6) is 0 Å². The molecular weight excluding hydrogens is 915 g/mol. The van der Waals surface area contributed by atoms with Crippen molar-refractivity contribution in [2.45, 2.75) is 12.8 Å². The van der Waals surface area contributed by atoms with Crippen molar-refractivity contribution < 1.29 is 4.42 Å². The van der Waals surface area contributed by atoms with E-state index in [1.807, 2.05) is 22.7 Å². The number of nitrogens with zero attached hydrogens (tertiary/aromatic N) is 3. The molecule has 0 radical (unpaired) electrons. The van der Waals surface area contributed by atoms with Crippen LogP contribution in [-0.4, -0.2) is 16.1 Å². The van der Waals surface area contributed by atoms with Gasteiger partial charge in [0.25, 0.3) is 0 Å². The standard InChI is InChI=1S/C66H39N3OS2/c1-2-17-41-35-57-53(34-40(41)16-1)62-42-18-5-3-14-38(42)31-33-56(62)69(57)58-36-51-46-32-30-39-15-4-6-19-43(39)63(46)70-59(51)37-52(58)55-27-13-26-54(49-24-11-22-47-44-20-7-9-28-60(44)71-64(47)49)67-66(68-55)50-25-12-23-48-45-21-8-10-29-61(45)72-65(48)50/h1-12,14-26,28-37H,13,27H2/b54-26-,67-66-,68-55+. The second kappa shape index (κ2) is 15.4. The van der Waals surface area contributed by atoms with Gasteiger partial charge in [-0.25, -0.2) is 9.98 Å². The third-order valence-electron chi connectivity index (χ3n) is 15.1. The number of hydrogen-bond donors (Lipinski definition) is 0. The lowest BCUT2D eigenvalue weighted by molar-refractivity contribution is 0.672. The Kier molecular flexibility index (Phi) is 8.58. The van der Waals surface area contributed by atoms with Gasteiger partial charge < -0.3 is 8.98 Å². The summed E-state index contributed by atoms with van der Waals surface area (Å²) in [5.74, 6) is 0.701. The molecular formula is C66H39N3OS2. The van der Waals surface area contributed by atoms with Crippen LogP contribution in [-0.2, 0) is 0 Å². The summed E-state index contributed by atoms with van der Waals surface area (Å²) in [6.07, 6.45) is 3.77. The van der Waals surface area contributed by atoms with Crippen molar-refractivity contribution in [3.8, 4) is 5.69 Å². The van der Waals surface area contributed by atoms with Crippen molar-refractivity contribution >= 4 is 156 Å². The molecule has 0 amide bonds. The van der Waals surface area contributed by atoms with Gasteiger partial charge in [-0.2, -0.15) is 0 Å². The van der Waals surface area contributed by atoms with Gasteiger partial charge in [0.15, 0.2) is 5.84 Å². The number of amidine groups is 1. The van der Waals surface area contributed by atoms with Crippen molar-refractivity contribution in [2.75, 3.05) is 0 Å². The third kappa shape index (κ3) is 5.91. The fourth-order valence-corrected chi connectivity index (χ4v) is 14.2. The predicted molar refractivity (Wildman–Crippen MR) is 310 cm³/mol. The molecule has 15 aromatic rings. The summed E-state index contributed by atoms with van der Waals surface area (Å²) in [5, 5.41) is 16.7. The van der Waals surface area contributed by atoms with Crippen LogP contribution in [0, 0.1) is 0 Å². The Morgan fingerprint density at radius 2 is 1.03 bits per heavy atom. The average Bonchev–Trinajstić information content (AvgIpc) is 4.19. The molecule has 0 fully saturated rings. The molecule has 11 aromatic carbocycles. The molecule has 0 bridgehead atoms. The van der Waals surface area contributed by atoms with E-state index in [9.17, 15) is 0 Å². The van der Waals surface area contributed by atoms with E-state index in [0.717, 1.165) is 84.0 Å². The maximum Gasteiger partial charge on any atom is 0.161 e. The molecule has 72 heavy (non-hydrogen) atoms. The summed E-state index contributed by atoms with van der Waals surface area (Å²) in [4.78, 5) is 11.7. The van der Waals surface area contributed by atoms with E-state index in [-0.39, 0.29) is 0 Å². The maximum absolute atomic E-state index is 7.06. The summed E-state index contributed by atoms with van der Waals surface area (Å²) in [6, 6.07) is 75.3. The summed E-state index contributed by atoms with van der Waals surface area (Å²) in [5.41, 5.74) is 10.2. The molecule has 0 aliphatic carbocycles. The number of thiophene rings is 2. The zero-order valence-electron chi connectivity index (χ0n) is 38.7. The number of furan rings is 1. The Bertz CT molecular complexity index is 4940. The normalized spacial score (nSPS) is 15.9. The molecule has 6 heteroatoms. The highest BCUT2D eigenvalue weighted by atomic mass is 32.1. The summed E-state index contributed by atoms with van der Waals surface area (Å²) in [7, 11) is 0. The lowest BCUT2D eigenvalue weighted by atomic mass is 9.98. The fraction of sp³-hybridized carbons (Fsp3) is 0.0303. The van der Waals surface area contributed by atoms with Gasteiger partial charge >= 0.3 is 0 Å². The van der Waals surface area contributed by atoms with Gasteiger partial charge in [-0.15, -0.1) is 22.7 Å². The van der Waals surface area contributed by atoms with E-state index in [4.69, 9.17) is 14.4 Å². The van der Waals surface area contributed by atoms with Crippen LogP contribution in [0.2, 0.25) is 0 Å². The van der Waals surface area contributed by atoms with E-state index in [1.54, 1.807) is 0 Å². The largest absolute Gasteiger partial charge is 0.455 e. The zero-order valence-corrected chi connectivity index (χ0v) is 40.3. The Labute approximate surface area is 420 Å². The Morgan fingerprint density at radius 1 is 0.417 bits per heavy atom.